The third-order valence-electron chi connectivity index (χ3n) is 5.28. The van der Waals surface area contributed by atoms with E-state index < -0.39 is 0 Å². The first-order chi connectivity index (χ1) is 13.2. The number of piperidine rings is 1. The van der Waals surface area contributed by atoms with Gasteiger partial charge in [0.25, 0.3) is 0 Å². The second-order valence-electron chi connectivity index (χ2n) is 7.60. The van der Waals surface area contributed by atoms with Crippen LogP contribution in [0, 0.1) is 11.7 Å². The van der Waals surface area contributed by atoms with Gasteiger partial charge in [0.1, 0.15) is 5.82 Å². The third kappa shape index (κ3) is 6.62. The summed E-state index contributed by atoms with van der Waals surface area (Å²) in [5.41, 5.74) is 2.09. The summed E-state index contributed by atoms with van der Waals surface area (Å²) in [4.78, 5) is 10.1. The highest BCUT2D eigenvalue weighted by molar-refractivity contribution is 14.0. The molecule has 5 nitrogen and oxygen atoms in total. The standard InChI is InChI=1S/C21H32FN5.HI/c1-16(15-27-10-4-3-5-11-27)13-26-21(23-2)24-9-8-17-14-25-20-7-6-18(22)12-19(17)20;/h6-7,12,14,16,25H,3-5,8-11,13,15H2,1-2H3,(H2,23,24,26);1H. The molecular weight excluding hydrogens is 468 g/mol. The summed E-state index contributed by atoms with van der Waals surface area (Å²) in [6.45, 7) is 7.57. The number of aliphatic imine (C=N–C) groups is 1. The SMILES string of the molecule is CN=C(NCCc1c[nH]c2ccc(F)cc12)NCC(C)CN1CCCCC1.I. The van der Waals surface area contributed by atoms with Gasteiger partial charge in [-0.3, -0.25) is 4.99 Å². The van der Waals surface area contributed by atoms with Gasteiger partial charge in [0.2, 0.25) is 0 Å². The van der Waals surface area contributed by atoms with Crippen LogP contribution in [-0.2, 0) is 6.42 Å². The molecule has 1 aromatic carbocycles. The number of hydrogen-bond donors (Lipinski definition) is 3. The van der Waals surface area contributed by atoms with Gasteiger partial charge in [-0.15, -0.1) is 24.0 Å². The van der Waals surface area contributed by atoms with E-state index in [-0.39, 0.29) is 29.8 Å². The minimum absolute atomic E-state index is 0. The van der Waals surface area contributed by atoms with Crippen LogP contribution in [0.25, 0.3) is 10.9 Å². The molecule has 28 heavy (non-hydrogen) atoms. The molecule has 0 radical (unpaired) electrons. The Morgan fingerprint density at radius 3 is 2.79 bits per heavy atom. The number of nitrogens with one attached hydrogen (secondary N) is 3. The van der Waals surface area contributed by atoms with Crippen molar-refractivity contribution in [2.75, 3.05) is 39.8 Å². The predicted molar refractivity (Wildman–Crippen MR) is 126 cm³/mol. The molecule has 2 heterocycles. The van der Waals surface area contributed by atoms with Crippen LogP contribution in [-0.4, -0.2) is 55.6 Å². The number of halogens is 2. The van der Waals surface area contributed by atoms with E-state index in [0.717, 1.165) is 48.5 Å². The molecule has 156 valence electrons. The second-order valence-corrected chi connectivity index (χ2v) is 7.60. The zero-order valence-corrected chi connectivity index (χ0v) is 19.3. The number of nitrogens with zero attached hydrogens (tertiary/aromatic N) is 2. The highest BCUT2D eigenvalue weighted by Gasteiger charge is 2.13. The molecule has 0 aliphatic carbocycles. The second kappa shape index (κ2) is 11.6. The Labute approximate surface area is 184 Å². The van der Waals surface area contributed by atoms with E-state index in [4.69, 9.17) is 0 Å². The van der Waals surface area contributed by atoms with Crippen LogP contribution in [0.1, 0.15) is 31.7 Å². The Balaban J connectivity index is 0.00000280. The number of aromatic amines is 1. The summed E-state index contributed by atoms with van der Waals surface area (Å²) in [5.74, 6) is 1.21. The van der Waals surface area contributed by atoms with E-state index in [1.165, 1.54) is 38.4 Å². The van der Waals surface area contributed by atoms with E-state index in [9.17, 15) is 4.39 Å². The number of likely N-dealkylation sites (tertiary alicyclic amines) is 1. The molecule has 0 amide bonds. The quantitative estimate of drug-likeness (QED) is 0.308. The minimum atomic E-state index is -0.198. The Morgan fingerprint density at radius 2 is 2.04 bits per heavy atom. The van der Waals surface area contributed by atoms with Crippen molar-refractivity contribution in [2.24, 2.45) is 10.9 Å². The van der Waals surface area contributed by atoms with Gasteiger partial charge in [-0.05, 0) is 62.0 Å². The molecule has 1 saturated heterocycles. The Morgan fingerprint density at radius 1 is 1.25 bits per heavy atom. The summed E-state index contributed by atoms with van der Waals surface area (Å²) in [6, 6.07) is 4.86. The lowest BCUT2D eigenvalue weighted by Gasteiger charge is -2.29. The van der Waals surface area contributed by atoms with Crippen molar-refractivity contribution >= 4 is 40.8 Å². The number of rotatable bonds is 7. The molecule has 1 aromatic heterocycles. The first-order valence-electron chi connectivity index (χ1n) is 10.1. The molecule has 1 aliphatic rings. The van der Waals surface area contributed by atoms with E-state index in [0.29, 0.717) is 5.92 Å². The summed E-state index contributed by atoms with van der Waals surface area (Å²) >= 11 is 0. The van der Waals surface area contributed by atoms with Crippen molar-refractivity contribution in [3.8, 4) is 0 Å². The van der Waals surface area contributed by atoms with Gasteiger partial charge in [0.15, 0.2) is 5.96 Å². The fraction of sp³-hybridized carbons (Fsp3) is 0.571. The maximum atomic E-state index is 13.5. The minimum Gasteiger partial charge on any atom is -0.361 e. The van der Waals surface area contributed by atoms with Crippen LogP contribution < -0.4 is 10.6 Å². The van der Waals surface area contributed by atoms with Gasteiger partial charge in [-0.2, -0.15) is 0 Å². The fourth-order valence-corrected chi connectivity index (χ4v) is 3.81. The predicted octanol–water partition coefficient (Wildman–Crippen LogP) is 3.75. The molecule has 1 unspecified atom stereocenters. The molecule has 2 aromatic rings. The van der Waals surface area contributed by atoms with Crippen molar-refractivity contribution in [1.82, 2.24) is 20.5 Å². The maximum absolute atomic E-state index is 13.5. The van der Waals surface area contributed by atoms with Crippen LogP contribution in [0.3, 0.4) is 0 Å². The molecule has 3 N–H and O–H groups in total. The lowest BCUT2D eigenvalue weighted by Crippen LogP contribution is -2.42. The fourth-order valence-electron chi connectivity index (χ4n) is 3.81. The molecule has 1 aliphatic heterocycles. The van der Waals surface area contributed by atoms with E-state index in [1.54, 1.807) is 19.2 Å². The first kappa shape index (κ1) is 22.9. The molecule has 1 fully saturated rings. The highest BCUT2D eigenvalue weighted by Crippen LogP contribution is 2.19. The van der Waals surface area contributed by atoms with Gasteiger partial charge >= 0.3 is 0 Å². The molecule has 0 spiro atoms. The molecule has 3 rings (SSSR count). The number of H-pyrrole nitrogens is 1. The summed E-state index contributed by atoms with van der Waals surface area (Å²) in [5, 5.41) is 7.75. The molecule has 0 saturated carbocycles. The molecular formula is C21H33FIN5. The van der Waals surface area contributed by atoms with E-state index >= 15 is 0 Å². The topological polar surface area (TPSA) is 55.5 Å². The van der Waals surface area contributed by atoms with Crippen LogP contribution >= 0.6 is 24.0 Å². The molecule has 7 heteroatoms. The van der Waals surface area contributed by atoms with E-state index in [2.05, 4.69) is 32.4 Å². The van der Waals surface area contributed by atoms with Crippen LogP contribution in [0.2, 0.25) is 0 Å². The molecule has 0 bridgehead atoms. The Hall–Kier alpha value is -1.35. The summed E-state index contributed by atoms with van der Waals surface area (Å²) < 4.78 is 13.5. The van der Waals surface area contributed by atoms with Crippen molar-refractivity contribution in [2.45, 2.75) is 32.6 Å². The van der Waals surface area contributed by atoms with E-state index in [1.807, 2.05) is 6.20 Å². The monoisotopic (exact) mass is 501 g/mol. The number of guanidine groups is 1. The third-order valence-corrected chi connectivity index (χ3v) is 5.28. The zero-order chi connectivity index (χ0) is 19.1. The first-order valence-corrected chi connectivity index (χ1v) is 10.1. The molecule has 1 atom stereocenters. The maximum Gasteiger partial charge on any atom is 0.190 e. The van der Waals surface area contributed by atoms with Gasteiger partial charge < -0.3 is 20.5 Å². The number of benzene rings is 1. The number of hydrogen-bond acceptors (Lipinski definition) is 2. The van der Waals surface area contributed by atoms with Crippen LogP contribution in [0.15, 0.2) is 29.4 Å². The Kier molecular flexibility index (Phi) is 9.50. The highest BCUT2D eigenvalue weighted by atomic mass is 127. The van der Waals surface area contributed by atoms with Gasteiger partial charge in [0.05, 0.1) is 0 Å². The van der Waals surface area contributed by atoms with Crippen molar-refractivity contribution in [1.29, 1.82) is 0 Å². The van der Waals surface area contributed by atoms with Crippen molar-refractivity contribution in [3.05, 3.63) is 35.8 Å². The zero-order valence-electron chi connectivity index (χ0n) is 16.9. The number of fused-ring (bicyclic) bond motifs is 1. The normalized spacial score (nSPS) is 16.6. The number of aromatic nitrogens is 1. The average molecular weight is 501 g/mol. The van der Waals surface area contributed by atoms with Gasteiger partial charge in [-0.25, -0.2) is 4.39 Å². The smallest absolute Gasteiger partial charge is 0.190 e. The van der Waals surface area contributed by atoms with Crippen molar-refractivity contribution in [3.63, 3.8) is 0 Å². The lowest BCUT2D eigenvalue weighted by molar-refractivity contribution is 0.201. The van der Waals surface area contributed by atoms with Gasteiger partial charge in [0, 0.05) is 43.8 Å². The largest absolute Gasteiger partial charge is 0.361 e. The Bertz CT molecular complexity index is 754. The summed E-state index contributed by atoms with van der Waals surface area (Å²) in [6.07, 6.45) is 6.82. The van der Waals surface area contributed by atoms with Crippen molar-refractivity contribution < 1.29 is 4.39 Å². The summed E-state index contributed by atoms with van der Waals surface area (Å²) in [7, 11) is 1.80. The average Bonchev–Trinajstić information content (AvgIpc) is 3.07. The van der Waals surface area contributed by atoms with Gasteiger partial charge in [-0.1, -0.05) is 13.3 Å². The van der Waals surface area contributed by atoms with Crippen LogP contribution in [0.4, 0.5) is 4.39 Å². The van der Waals surface area contributed by atoms with Crippen LogP contribution in [0.5, 0.6) is 0 Å². The lowest BCUT2D eigenvalue weighted by atomic mass is 10.1.